The van der Waals surface area contributed by atoms with Crippen LogP contribution in [0.2, 0.25) is 0 Å². The van der Waals surface area contributed by atoms with E-state index in [0.29, 0.717) is 12.5 Å². The zero-order chi connectivity index (χ0) is 14.4. The quantitative estimate of drug-likeness (QED) is 0.809. The lowest BCUT2D eigenvalue weighted by atomic mass is 10.1. The molecule has 5 nitrogen and oxygen atoms in total. The Balaban J connectivity index is 2.48. The van der Waals surface area contributed by atoms with Gasteiger partial charge in [-0.25, -0.2) is 4.98 Å². The number of thiazole rings is 1. The van der Waals surface area contributed by atoms with Crippen molar-refractivity contribution in [3.05, 3.63) is 15.6 Å². The molecule has 0 aliphatic heterocycles. The van der Waals surface area contributed by atoms with Crippen LogP contribution in [-0.2, 0) is 20.7 Å². The predicted molar refractivity (Wildman–Crippen MR) is 74.3 cm³/mol. The number of esters is 1. The highest BCUT2D eigenvalue weighted by Crippen LogP contribution is 2.24. The van der Waals surface area contributed by atoms with Gasteiger partial charge in [0.1, 0.15) is 11.6 Å². The van der Waals surface area contributed by atoms with Crippen LogP contribution in [-0.4, -0.2) is 30.0 Å². The Hall–Kier alpha value is -1.43. The fourth-order valence-electron chi connectivity index (χ4n) is 1.66. The topological polar surface area (TPSA) is 68.3 Å². The number of rotatable bonds is 6. The Labute approximate surface area is 117 Å². The third-order valence-corrected chi connectivity index (χ3v) is 3.46. The molecule has 0 fully saturated rings. The molecule has 1 N–H and O–H groups in total. The van der Waals surface area contributed by atoms with Crippen molar-refractivity contribution in [3.63, 3.8) is 0 Å². The molecule has 0 aliphatic rings. The number of ether oxygens (including phenoxy) is 1. The van der Waals surface area contributed by atoms with Crippen LogP contribution in [0.5, 0.6) is 0 Å². The molecule has 0 aromatic carbocycles. The molecule has 1 amide bonds. The number of hydrogen-bond acceptors (Lipinski definition) is 5. The minimum atomic E-state index is -0.422. The number of carbonyl (C=O) groups is 2. The van der Waals surface area contributed by atoms with Crippen molar-refractivity contribution in [2.45, 2.75) is 40.0 Å². The van der Waals surface area contributed by atoms with Crippen molar-refractivity contribution < 1.29 is 14.3 Å². The highest BCUT2D eigenvalue weighted by molar-refractivity contribution is 7.11. The molecule has 0 aliphatic carbocycles. The Kier molecular flexibility index (Phi) is 5.95. The summed E-state index contributed by atoms with van der Waals surface area (Å²) in [7, 11) is 0. The van der Waals surface area contributed by atoms with Gasteiger partial charge in [-0.1, -0.05) is 13.8 Å². The van der Waals surface area contributed by atoms with Gasteiger partial charge in [-0.15, -0.1) is 11.3 Å². The van der Waals surface area contributed by atoms with Gasteiger partial charge < -0.3 is 10.1 Å². The lowest BCUT2D eigenvalue weighted by Crippen LogP contribution is -2.31. The predicted octanol–water partition coefficient (Wildman–Crippen LogP) is 1.80. The van der Waals surface area contributed by atoms with E-state index < -0.39 is 5.97 Å². The van der Waals surface area contributed by atoms with Gasteiger partial charge in [0.2, 0.25) is 5.91 Å². The van der Waals surface area contributed by atoms with Gasteiger partial charge in [-0.05, 0) is 19.8 Å². The van der Waals surface area contributed by atoms with E-state index in [1.807, 2.05) is 6.92 Å². The maximum atomic E-state index is 11.7. The van der Waals surface area contributed by atoms with Gasteiger partial charge in [-0.3, -0.25) is 9.59 Å². The Morgan fingerprint density at radius 2 is 2.11 bits per heavy atom. The average Bonchev–Trinajstić information content (AvgIpc) is 2.68. The summed E-state index contributed by atoms with van der Waals surface area (Å²) in [5.41, 5.74) is 1.04. The number of nitrogens with one attached hydrogen (secondary N) is 1. The van der Waals surface area contributed by atoms with Gasteiger partial charge >= 0.3 is 5.97 Å². The summed E-state index contributed by atoms with van der Waals surface area (Å²) in [5.74, 6) is -0.279. The zero-order valence-corrected chi connectivity index (χ0v) is 12.6. The van der Waals surface area contributed by atoms with E-state index in [9.17, 15) is 9.59 Å². The van der Waals surface area contributed by atoms with E-state index in [-0.39, 0.29) is 18.9 Å². The number of hydrogen-bond donors (Lipinski definition) is 1. The van der Waals surface area contributed by atoms with E-state index in [4.69, 9.17) is 4.74 Å². The Morgan fingerprint density at radius 1 is 1.42 bits per heavy atom. The van der Waals surface area contributed by atoms with Crippen LogP contribution in [0.4, 0.5) is 0 Å². The molecule has 0 atom stereocenters. The fraction of sp³-hybridized carbons (Fsp3) is 0.615. The van der Waals surface area contributed by atoms with Crippen LogP contribution in [0, 0.1) is 6.92 Å². The van der Waals surface area contributed by atoms with Crippen LogP contribution in [0.3, 0.4) is 0 Å². The maximum absolute atomic E-state index is 11.7. The maximum Gasteiger partial charge on any atom is 0.325 e. The molecule has 106 valence electrons. The molecule has 19 heavy (non-hydrogen) atoms. The molecule has 0 radical (unpaired) electrons. The minimum Gasteiger partial charge on any atom is -0.465 e. The van der Waals surface area contributed by atoms with E-state index >= 15 is 0 Å². The summed E-state index contributed by atoms with van der Waals surface area (Å²) < 4.78 is 4.73. The standard InChI is InChI=1S/C13H20N2O3S/c1-5-18-12(17)7-14-10(16)6-11-15-13(8(2)3)9(4)19-11/h8H,5-7H2,1-4H3,(H,14,16). The molecular weight excluding hydrogens is 264 g/mol. The largest absolute Gasteiger partial charge is 0.465 e. The van der Waals surface area contributed by atoms with Crippen molar-refractivity contribution in [3.8, 4) is 0 Å². The summed E-state index contributed by atoms with van der Waals surface area (Å²) in [4.78, 5) is 28.4. The first-order valence-electron chi connectivity index (χ1n) is 6.32. The molecule has 6 heteroatoms. The number of aromatic nitrogens is 1. The van der Waals surface area contributed by atoms with Crippen molar-refractivity contribution in [1.29, 1.82) is 0 Å². The zero-order valence-electron chi connectivity index (χ0n) is 11.8. The molecule has 1 aromatic rings. The van der Waals surface area contributed by atoms with E-state index in [1.54, 1.807) is 6.92 Å². The van der Waals surface area contributed by atoms with Crippen LogP contribution >= 0.6 is 11.3 Å². The van der Waals surface area contributed by atoms with Crippen molar-refractivity contribution in [1.82, 2.24) is 10.3 Å². The first-order chi connectivity index (χ1) is 8.93. The average molecular weight is 284 g/mol. The second kappa shape index (κ2) is 7.23. The van der Waals surface area contributed by atoms with Crippen LogP contribution in [0.25, 0.3) is 0 Å². The molecular formula is C13H20N2O3S. The molecule has 0 bridgehead atoms. The second-order valence-electron chi connectivity index (χ2n) is 4.46. The van der Waals surface area contributed by atoms with Crippen LogP contribution in [0.1, 0.15) is 42.3 Å². The minimum absolute atomic E-state index is 0.0892. The summed E-state index contributed by atoms with van der Waals surface area (Å²) in [6.45, 7) is 8.12. The van der Waals surface area contributed by atoms with Crippen molar-refractivity contribution in [2.75, 3.05) is 13.2 Å². The molecule has 0 unspecified atom stereocenters. The molecule has 1 aromatic heterocycles. The Bertz CT molecular complexity index is 455. The summed E-state index contributed by atoms with van der Waals surface area (Å²) in [6, 6.07) is 0. The monoisotopic (exact) mass is 284 g/mol. The third-order valence-electron chi connectivity index (χ3n) is 2.47. The number of aryl methyl sites for hydroxylation is 1. The molecule has 1 heterocycles. The summed E-state index contributed by atoms with van der Waals surface area (Å²) >= 11 is 1.53. The highest BCUT2D eigenvalue weighted by Gasteiger charge is 2.14. The van der Waals surface area contributed by atoms with E-state index in [0.717, 1.165) is 15.6 Å². The first-order valence-corrected chi connectivity index (χ1v) is 7.14. The summed E-state index contributed by atoms with van der Waals surface area (Å²) in [5, 5.41) is 3.31. The molecule has 1 rings (SSSR count). The normalized spacial score (nSPS) is 10.6. The SMILES string of the molecule is CCOC(=O)CNC(=O)Cc1nc(C(C)C)c(C)s1. The van der Waals surface area contributed by atoms with Crippen LogP contribution < -0.4 is 5.32 Å². The number of amides is 1. The van der Waals surface area contributed by atoms with Gasteiger partial charge in [-0.2, -0.15) is 0 Å². The second-order valence-corrected chi connectivity index (χ2v) is 5.75. The van der Waals surface area contributed by atoms with Gasteiger partial charge in [0.05, 0.1) is 18.7 Å². The lowest BCUT2D eigenvalue weighted by molar-refractivity contribution is -0.143. The Morgan fingerprint density at radius 3 is 2.63 bits per heavy atom. The molecule has 0 spiro atoms. The van der Waals surface area contributed by atoms with Gasteiger partial charge in [0, 0.05) is 4.88 Å². The van der Waals surface area contributed by atoms with E-state index in [2.05, 4.69) is 24.1 Å². The lowest BCUT2D eigenvalue weighted by Gasteiger charge is -2.03. The van der Waals surface area contributed by atoms with Crippen molar-refractivity contribution in [2.24, 2.45) is 0 Å². The number of carbonyl (C=O) groups excluding carboxylic acids is 2. The summed E-state index contributed by atoms with van der Waals surface area (Å²) in [6.07, 6.45) is 0.206. The van der Waals surface area contributed by atoms with E-state index in [1.165, 1.54) is 11.3 Å². The fourth-order valence-corrected chi connectivity index (χ4v) is 2.75. The molecule has 0 saturated carbocycles. The number of nitrogens with zero attached hydrogens (tertiary/aromatic N) is 1. The highest BCUT2D eigenvalue weighted by atomic mass is 32.1. The van der Waals surface area contributed by atoms with Crippen molar-refractivity contribution >= 4 is 23.2 Å². The van der Waals surface area contributed by atoms with Gasteiger partial charge in [0.25, 0.3) is 0 Å². The molecule has 0 saturated heterocycles. The smallest absolute Gasteiger partial charge is 0.325 e. The first kappa shape index (κ1) is 15.6. The van der Waals surface area contributed by atoms with Gasteiger partial charge in [0.15, 0.2) is 0 Å². The van der Waals surface area contributed by atoms with Crippen LogP contribution in [0.15, 0.2) is 0 Å². The third kappa shape index (κ3) is 4.98.